The lowest BCUT2D eigenvalue weighted by Crippen LogP contribution is -2.01. The second kappa shape index (κ2) is 7.18. The van der Waals surface area contributed by atoms with Crippen molar-refractivity contribution in [1.82, 2.24) is 9.55 Å². The largest absolute Gasteiger partial charge is 0.487 e. The van der Waals surface area contributed by atoms with Crippen molar-refractivity contribution in [3.8, 4) is 5.75 Å². The van der Waals surface area contributed by atoms with Crippen molar-refractivity contribution in [2.24, 2.45) is 0 Å². The molecule has 0 spiro atoms. The fourth-order valence-electron chi connectivity index (χ4n) is 2.88. The Morgan fingerprint density at radius 3 is 2.42 bits per heavy atom. The molecule has 0 atom stereocenters. The Hall–Kier alpha value is -2.14. The SMILES string of the molecule is CCn1c(C)c(C)c2nccc(OCc3cc(F)cc(F)c3)c21.Cl. The van der Waals surface area contributed by atoms with Gasteiger partial charge in [0.1, 0.15) is 29.5 Å². The van der Waals surface area contributed by atoms with Gasteiger partial charge in [-0.2, -0.15) is 0 Å². The number of pyridine rings is 1. The normalized spacial score (nSPS) is 10.7. The van der Waals surface area contributed by atoms with Gasteiger partial charge in [0.15, 0.2) is 0 Å². The summed E-state index contributed by atoms with van der Waals surface area (Å²) in [7, 11) is 0. The van der Waals surface area contributed by atoms with Gasteiger partial charge >= 0.3 is 0 Å². The quantitative estimate of drug-likeness (QED) is 0.664. The Bertz CT molecular complexity index is 857. The number of benzene rings is 1. The molecule has 1 aromatic carbocycles. The van der Waals surface area contributed by atoms with Crippen molar-refractivity contribution < 1.29 is 13.5 Å². The number of halogens is 3. The summed E-state index contributed by atoms with van der Waals surface area (Å²) in [5.74, 6) is -0.545. The summed E-state index contributed by atoms with van der Waals surface area (Å²) in [6.45, 7) is 7.03. The second-order valence-electron chi connectivity index (χ2n) is 5.53. The smallest absolute Gasteiger partial charge is 0.147 e. The summed E-state index contributed by atoms with van der Waals surface area (Å²) in [6, 6.07) is 5.18. The second-order valence-corrected chi connectivity index (χ2v) is 5.53. The van der Waals surface area contributed by atoms with Gasteiger partial charge in [-0.05, 0) is 44.0 Å². The highest BCUT2D eigenvalue weighted by Gasteiger charge is 2.15. The molecule has 0 amide bonds. The fraction of sp³-hybridized carbons (Fsp3) is 0.278. The van der Waals surface area contributed by atoms with Crippen LogP contribution in [0.1, 0.15) is 23.7 Å². The highest BCUT2D eigenvalue weighted by Crippen LogP contribution is 2.31. The molecular formula is C18H19ClF2N2O. The van der Waals surface area contributed by atoms with Gasteiger partial charge < -0.3 is 9.30 Å². The number of fused-ring (bicyclic) bond motifs is 1. The molecule has 2 heterocycles. The molecule has 0 unspecified atom stereocenters. The number of aryl methyl sites for hydroxylation is 2. The maximum Gasteiger partial charge on any atom is 0.147 e. The van der Waals surface area contributed by atoms with E-state index in [0.717, 1.165) is 34.9 Å². The predicted octanol–water partition coefficient (Wildman–Crippen LogP) is 4.95. The van der Waals surface area contributed by atoms with Crippen molar-refractivity contribution in [2.75, 3.05) is 0 Å². The van der Waals surface area contributed by atoms with E-state index >= 15 is 0 Å². The van der Waals surface area contributed by atoms with Crippen molar-refractivity contribution in [3.05, 3.63) is 58.9 Å². The Labute approximate surface area is 145 Å². The van der Waals surface area contributed by atoms with Crippen molar-refractivity contribution >= 4 is 23.4 Å². The zero-order valence-corrected chi connectivity index (χ0v) is 14.6. The first-order valence-electron chi connectivity index (χ1n) is 7.53. The minimum absolute atomic E-state index is 0. The molecule has 128 valence electrons. The van der Waals surface area contributed by atoms with E-state index in [-0.39, 0.29) is 19.0 Å². The Balaban J connectivity index is 0.00000208. The van der Waals surface area contributed by atoms with Crippen LogP contribution in [0.3, 0.4) is 0 Å². The van der Waals surface area contributed by atoms with E-state index in [0.29, 0.717) is 11.3 Å². The van der Waals surface area contributed by atoms with Crippen LogP contribution in [0.4, 0.5) is 8.78 Å². The lowest BCUT2D eigenvalue weighted by Gasteiger charge is -2.11. The molecule has 0 fully saturated rings. The molecule has 0 aliphatic rings. The van der Waals surface area contributed by atoms with E-state index in [4.69, 9.17) is 4.74 Å². The molecule has 0 N–H and O–H groups in total. The zero-order chi connectivity index (χ0) is 16.6. The van der Waals surface area contributed by atoms with E-state index in [1.165, 1.54) is 12.1 Å². The zero-order valence-electron chi connectivity index (χ0n) is 13.8. The summed E-state index contributed by atoms with van der Waals surface area (Å²) >= 11 is 0. The number of hydrogen-bond acceptors (Lipinski definition) is 2. The van der Waals surface area contributed by atoms with Crippen LogP contribution in [0, 0.1) is 25.5 Å². The third-order valence-electron chi connectivity index (χ3n) is 4.09. The van der Waals surface area contributed by atoms with E-state index in [9.17, 15) is 8.78 Å². The van der Waals surface area contributed by atoms with Crippen LogP contribution < -0.4 is 4.74 Å². The first kappa shape index (κ1) is 18.2. The molecule has 0 radical (unpaired) electrons. The van der Waals surface area contributed by atoms with Crippen LogP contribution in [-0.2, 0) is 13.2 Å². The number of aromatic nitrogens is 2. The summed E-state index contributed by atoms with van der Waals surface area (Å²) in [5.41, 5.74) is 4.52. The van der Waals surface area contributed by atoms with Crippen LogP contribution in [0.15, 0.2) is 30.5 Å². The van der Waals surface area contributed by atoms with E-state index in [1.54, 1.807) is 12.3 Å². The molecule has 2 aromatic heterocycles. The van der Waals surface area contributed by atoms with Gasteiger partial charge in [-0.1, -0.05) is 0 Å². The van der Waals surface area contributed by atoms with E-state index in [1.807, 2.05) is 13.8 Å². The minimum Gasteiger partial charge on any atom is -0.487 e. The van der Waals surface area contributed by atoms with Gasteiger partial charge in [0.2, 0.25) is 0 Å². The minimum atomic E-state index is -0.605. The topological polar surface area (TPSA) is 27.1 Å². The Morgan fingerprint density at radius 2 is 1.79 bits per heavy atom. The molecule has 0 saturated heterocycles. The standard InChI is InChI=1S/C18H18F2N2O.ClH/c1-4-22-12(3)11(2)17-18(22)16(5-6-21-17)23-10-13-7-14(19)9-15(20)8-13;/h5-9H,4,10H2,1-3H3;1H. The van der Waals surface area contributed by atoms with Gasteiger partial charge in [0.25, 0.3) is 0 Å². The third kappa shape index (κ3) is 3.22. The number of ether oxygens (including phenoxy) is 1. The first-order valence-corrected chi connectivity index (χ1v) is 7.53. The lowest BCUT2D eigenvalue weighted by atomic mass is 10.2. The van der Waals surface area contributed by atoms with Gasteiger partial charge in [0.05, 0.1) is 5.52 Å². The van der Waals surface area contributed by atoms with Gasteiger partial charge in [0, 0.05) is 30.6 Å². The van der Waals surface area contributed by atoms with Crippen LogP contribution in [-0.4, -0.2) is 9.55 Å². The van der Waals surface area contributed by atoms with Crippen molar-refractivity contribution in [2.45, 2.75) is 33.9 Å². The van der Waals surface area contributed by atoms with Gasteiger partial charge in [-0.25, -0.2) is 8.78 Å². The molecule has 24 heavy (non-hydrogen) atoms. The molecule has 0 aliphatic heterocycles. The molecule has 3 nitrogen and oxygen atoms in total. The van der Waals surface area contributed by atoms with Gasteiger partial charge in [-0.3, -0.25) is 4.98 Å². The van der Waals surface area contributed by atoms with E-state index < -0.39 is 11.6 Å². The van der Waals surface area contributed by atoms with Crippen LogP contribution >= 0.6 is 12.4 Å². The Kier molecular flexibility index (Phi) is 5.44. The predicted molar refractivity (Wildman–Crippen MR) is 92.8 cm³/mol. The number of rotatable bonds is 4. The average molecular weight is 353 g/mol. The fourth-order valence-corrected chi connectivity index (χ4v) is 2.88. The third-order valence-corrected chi connectivity index (χ3v) is 4.09. The molecule has 3 aromatic rings. The maximum atomic E-state index is 13.3. The summed E-state index contributed by atoms with van der Waals surface area (Å²) in [5, 5.41) is 0. The summed E-state index contributed by atoms with van der Waals surface area (Å²) < 4.78 is 34.5. The maximum absolute atomic E-state index is 13.3. The molecule has 0 bridgehead atoms. The molecule has 3 rings (SSSR count). The highest BCUT2D eigenvalue weighted by molar-refractivity contribution is 5.86. The molecule has 0 saturated carbocycles. The molecule has 0 aliphatic carbocycles. The first-order chi connectivity index (χ1) is 11.0. The van der Waals surface area contributed by atoms with Crippen molar-refractivity contribution in [1.29, 1.82) is 0 Å². The molecular weight excluding hydrogens is 334 g/mol. The Morgan fingerprint density at radius 1 is 1.12 bits per heavy atom. The monoisotopic (exact) mass is 352 g/mol. The highest BCUT2D eigenvalue weighted by atomic mass is 35.5. The molecule has 6 heteroatoms. The summed E-state index contributed by atoms with van der Waals surface area (Å²) in [4.78, 5) is 4.43. The van der Waals surface area contributed by atoms with Crippen LogP contribution in [0.25, 0.3) is 11.0 Å². The van der Waals surface area contributed by atoms with Crippen LogP contribution in [0.2, 0.25) is 0 Å². The summed E-state index contributed by atoms with van der Waals surface area (Å²) in [6.07, 6.45) is 1.69. The average Bonchev–Trinajstić information content (AvgIpc) is 2.76. The van der Waals surface area contributed by atoms with Crippen molar-refractivity contribution in [3.63, 3.8) is 0 Å². The number of hydrogen-bond donors (Lipinski definition) is 0. The lowest BCUT2D eigenvalue weighted by molar-refractivity contribution is 0.307. The van der Waals surface area contributed by atoms with Crippen LogP contribution in [0.5, 0.6) is 5.75 Å². The number of nitrogens with zero attached hydrogens (tertiary/aromatic N) is 2. The van der Waals surface area contributed by atoms with Gasteiger partial charge in [-0.15, -0.1) is 12.4 Å². The van der Waals surface area contributed by atoms with E-state index in [2.05, 4.69) is 16.5 Å².